The van der Waals surface area contributed by atoms with Crippen LogP contribution in [-0.4, -0.2) is 52.1 Å². The van der Waals surface area contributed by atoms with E-state index in [9.17, 15) is 4.79 Å². The fourth-order valence-corrected chi connectivity index (χ4v) is 3.67. The van der Waals surface area contributed by atoms with E-state index >= 15 is 0 Å². The van der Waals surface area contributed by atoms with Gasteiger partial charge >= 0.3 is 0 Å². The Balaban J connectivity index is 1.55. The molecule has 1 saturated heterocycles. The van der Waals surface area contributed by atoms with Crippen LogP contribution in [-0.2, 0) is 9.53 Å². The Morgan fingerprint density at radius 1 is 1.41 bits per heavy atom. The molecule has 1 aliphatic heterocycles. The van der Waals surface area contributed by atoms with Gasteiger partial charge in [0.25, 0.3) is 11.1 Å². The van der Waals surface area contributed by atoms with Crippen LogP contribution in [0, 0.1) is 0 Å². The van der Waals surface area contributed by atoms with Gasteiger partial charge in [-0.2, -0.15) is 0 Å². The molecule has 2 aromatic rings. The molecule has 0 radical (unpaired) electrons. The van der Waals surface area contributed by atoms with Gasteiger partial charge in [-0.05, 0) is 25.3 Å². The highest BCUT2D eigenvalue weighted by Crippen LogP contribution is 2.26. The molecule has 3 rings (SSSR count). The van der Waals surface area contributed by atoms with Crippen molar-refractivity contribution >= 4 is 29.0 Å². The number of morpholine rings is 1. The van der Waals surface area contributed by atoms with E-state index in [0.717, 1.165) is 4.88 Å². The summed E-state index contributed by atoms with van der Waals surface area (Å²) in [7, 11) is 0. The third-order valence-corrected chi connectivity index (χ3v) is 4.89. The maximum atomic E-state index is 12.3. The van der Waals surface area contributed by atoms with Gasteiger partial charge in [0.1, 0.15) is 0 Å². The second-order valence-corrected chi connectivity index (χ2v) is 7.07. The molecule has 0 aromatic carbocycles. The number of ether oxygens (including phenoxy) is 1. The number of aromatic nitrogens is 2. The Kier molecular flexibility index (Phi) is 4.80. The summed E-state index contributed by atoms with van der Waals surface area (Å²) in [6.45, 7) is 5.23. The first-order valence-corrected chi connectivity index (χ1v) is 8.92. The molecule has 6 nitrogen and oxygen atoms in total. The number of hydrogen-bond donors (Lipinski definition) is 0. The first-order chi connectivity index (χ1) is 10.6. The van der Waals surface area contributed by atoms with Crippen LogP contribution in [0.5, 0.6) is 0 Å². The molecule has 0 spiro atoms. The quantitative estimate of drug-likeness (QED) is 0.797. The molecule has 0 N–H and O–H groups in total. The van der Waals surface area contributed by atoms with Gasteiger partial charge in [0, 0.05) is 13.1 Å². The van der Waals surface area contributed by atoms with Gasteiger partial charge < -0.3 is 14.1 Å². The van der Waals surface area contributed by atoms with Crippen molar-refractivity contribution in [3.05, 3.63) is 17.5 Å². The molecular weight excluding hydrogens is 322 g/mol. The minimum Gasteiger partial charge on any atom is -0.410 e. The van der Waals surface area contributed by atoms with Crippen LogP contribution in [0.2, 0.25) is 0 Å². The Hall–Kier alpha value is -1.38. The Bertz CT molecular complexity index is 619. The summed E-state index contributed by atoms with van der Waals surface area (Å²) in [5.74, 6) is 0.868. The lowest BCUT2D eigenvalue weighted by atomic mass is 10.2. The van der Waals surface area contributed by atoms with Crippen LogP contribution in [0.4, 0.5) is 0 Å². The van der Waals surface area contributed by atoms with Gasteiger partial charge in [-0.25, -0.2) is 0 Å². The van der Waals surface area contributed by atoms with Crippen molar-refractivity contribution < 1.29 is 13.9 Å². The predicted octanol–water partition coefficient (Wildman–Crippen LogP) is 2.53. The van der Waals surface area contributed by atoms with Crippen molar-refractivity contribution in [2.45, 2.75) is 31.3 Å². The first kappa shape index (κ1) is 15.5. The van der Waals surface area contributed by atoms with E-state index in [1.807, 2.05) is 36.3 Å². The molecule has 0 saturated carbocycles. The van der Waals surface area contributed by atoms with E-state index in [0.29, 0.717) is 30.0 Å². The molecule has 118 valence electrons. The van der Waals surface area contributed by atoms with E-state index in [2.05, 4.69) is 10.2 Å². The van der Waals surface area contributed by atoms with Crippen molar-refractivity contribution in [1.29, 1.82) is 0 Å². The average molecular weight is 339 g/mol. The topological polar surface area (TPSA) is 68.5 Å². The molecule has 0 bridgehead atoms. The number of amides is 1. The van der Waals surface area contributed by atoms with Gasteiger partial charge in [-0.15, -0.1) is 21.5 Å². The highest BCUT2D eigenvalue weighted by molar-refractivity contribution is 7.99. The monoisotopic (exact) mass is 339 g/mol. The van der Waals surface area contributed by atoms with Crippen LogP contribution in [0.25, 0.3) is 10.8 Å². The first-order valence-electron chi connectivity index (χ1n) is 7.05. The maximum absolute atomic E-state index is 12.3. The number of rotatable bonds is 4. The summed E-state index contributed by atoms with van der Waals surface area (Å²) in [4.78, 5) is 15.0. The summed E-state index contributed by atoms with van der Waals surface area (Å²) < 4.78 is 11.2. The molecule has 2 atom stereocenters. The summed E-state index contributed by atoms with van der Waals surface area (Å²) in [5.41, 5.74) is 0. The lowest BCUT2D eigenvalue weighted by Crippen LogP contribution is -2.48. The largest absolute Gasteiger partial charge is 0.410 e. The zero-order valence-corrected chi connectivity index (χ0v) is 14.0. The van der Waals surface area contributed by atoms with Crippen LogP contribution in [0.15, 0.2) is 27.2 Å². The molecule has 0 unspecified atom stereocenters. The molecule has 1 amide bonds. The molecule has 1 fully saturated rings. The normalized spacial score (nSPS) is 22.0. The number of thioether (sulfide) groups is 1. The number of nitrogens with zero attached hydrogens (tertiary/aromatic N) is 3. The van der Waals surface area contributed by atoms with Crippen molar-refractivity contribution in [1.82, 2.24) is 15.1 Å². The fourth-order valence-electron chi connectivity index (χ4n) is 2.36. The van der Waals surface area contributed by atoms with Gasteiger partial charge in [-0.3, -0.25) is 4.79 Å². The van der Waals surface area contributed by atoms with Crippen LogP contribution >= 0.6 is 23.1 Å². The maximum Gasteiger partial charge on any atom is 0.277 e. The molecule has 1 aliphatic rings. The Morgan fingerprint density at radius 3 is 2.86 bits per heavy atom. The molecule has 22 heavy (non-hydrogen) atoms. The van der Waals surface area contributed by atoms with Crippen LogP contribution in [0.1, 0.15) is 13.8 Å². The molecule has 3 heterocycles. The van der Waals surface area contributed by atoms with Crippen LogP contribution in [0.3, 0.4) is 0 Å². The van der Waals surface area contributed by atoms with E-state index in [1.54, 1.807) is 11.3 Å². The summed E-state index contributed by atoms with van der Waals surface area (Å²) in [6, 6.07) is 3.86. The highest BCUT2D eigenvalue weighted by Gasteiger charge is 2.26. The third kappa shape index (κ3) is 3.68. The lowest BCUT2D eigenvalue weighted by Gasteiger charge is -2.35. The summed E-state index contributed by atoms with van der Waals surface area (Å²) in [6.07, 6.45) is 0.151. The standard InChI is InChI=1S/C14H17N3O3S2/c1-9-6-17(7-10(2)19-9)12(18)8-22-14-16-15-13(20-14)11-4-3-5-21-11/h3-5,9-10H,6-8H2,1-2H3/t9-,10-/m1/s1. The Labute approximate surface area is 136 Å². The van der Waals surface area contributed by atoms with Gasteiger partial charge in [0.2, 0.25) is 5.91 Å². The summed E-state index contributed by atoms with van der Waals surface area (Å²) in [5, 5.41) is 10.4. The fraction of sp³-hybridized carbons (Fsp3) is 0.500. The van der Waals surface area contributed by atoms with Gasteiger partial charge in [0.05, 0.1) is 22.8 Å². The smallest absolute Gasteiger partial charge is 0.277 e. The Morgan fingerprint density at radius 2 is 2.18 bits per heavy atom. The van der Waals surface area contributed by atoms with Crippen molar-refractivity contribution in [2.24, 2.45) is 0 Å². The van der Waals surface area contributed by atoms with E-state index in [4.69, 9.17) is 9.15 Å². The van der Waals surface area contributed by atoms with E-state index < -0.39 is 0 Å². The predicted molar refractivity (Wildman–Crippen MR) is 84.9 cm³/mol. The van der Waals surface area contributed by atoms with Gasteiger partial charge in [0.15, 0.2) is 0 Å². The average Bonchev–Trinajstić information content (AvgIpc) is 3.14. The SMILES string of the molecule is C[C@@H]1CN(C(=O)CSc2nnc(-c3cccs3)o2)C[C@@H](C)O1. The molecular formula is C14H17N3O3S2. The third-order valence-electron chi connectivity index (χ3n) is 3.23. The highest BCUT2D eigenvalue weighted by atomic mass is 32.2. The second-order valence-electron chi connectivity index (χ2n) is 5.20. The minimum absolute atomic E-state index is 0.0721. The lowest BCUT2D eigenvalue weighted by molar-refractivity contribution is -0.140. The number of hydrogen-bond acceptors (Lipinski definition) is 7. The van der Waals surface area contributed by atoms with Crippen molar-refractivity contribution in [3.8, 4) is 10.8 Å². The zero-order valence-electron chi connectivity index (χ0n) is 12.4. The zero-order chi connectivity index (χ0) is 15.5. The molecule has 2 aromatic heterocycles. The summed E-state index contributed by atoms with van der Waals surface area (Å²) >= 11 is 2.82. The number of carbonyl (C=O) groups is 1. The molecule has 8 heteroatoms. The van der Waals surface area contributed by atoms with Crippen molar-refractivity contribution in [3.63, 3.8) is 0 Å². The second kappa shape index (κ2) is 6.80. The minimum atomic E-state index is 0.0721. The van der Waals surface area contributed by atoms with E-state index in [-0.39, 0.29) is 18.1 Å². The van der Waals surface area contributed by atoms with Crippen LogP contribution < -0.4 is 0 Å². The molecule has 0 aliphatic carbocycles. The number of thiophene rings is 1. The number of carbonyl (C=O) groups excluding carboxylic acids is 1. The van der Waals surface area contributed by atoms with E-state index in [1.165, 1.54) is 11.8 Å². The van der Waals surface area contributed by atoms with Crippen molar-refractivity contribution in [2.75, 3.05) is 18.8 Å². The van der Waals surface area contributed by atoms with Gasteiger partial charge in [-0.1, -0.05) is 17.8 Å².